The van der Waals surface area contributed by atoms with Crippen molar-refractivity contribution in [3.05, 3.63) is 36.4 Å². The maximum atomic E-state index is 12.8. The molecule has 1 aliphatic heterocycles. The van der Waals surface area contributed by atoms with Crippen LogP contribution in [-0.4, -0.2) is 24.6 Å². The highest BCUT2D eigenvalue weighted by Crippen LogP contribution is 2.42. The maximum Gasteiger partial charge on any atom is 0.207 e. The summed E-state index contributed by atoms with van der Waals surface area (Å²) in [5.74, 6) is 0. The van der Waals surface area contributed by atoms with Crippen LogP contribution >= 0.6 is 0 Å². The minimum Gasteiger partial charge on any atom is -0.218 e. The lowest BCUT2D eigenvalue weighted by Gasteiger charge is -2.19. The Morgan fingerprint density at radius 3 is 1.30 bits per heavy atom. The van der Waals surface area contributed by atoms with E-state index in [1.165, 1.54) is 10.4 Å². The molecule has 0 atom stereocenters. The Labute approximate surface area is 141 Å². The van der Waals surface area contributed by atoms with E-state index in [4.69, 9.17) is 0 Å². The molecule has 0 aliphatic carbocycles. The van der Waals surface area contributed by atoms with Gasteiger partial charge in [-0.15, -0.1) is 0 Å². The summed E-state index contributed by atoms with van der Waals surface area (Å²) in [5, 5.41) is 2.61. The highest BCUT2D eigenvalue weighted by molar-refractivity contribution is 7.92. The van der Waals surface area contributed by atoms with Gasteiger partial charge in [0.15, 0.2) is 0 Å². The standard InChI is InChI=1S/C18H24O2SSi2/c1-22(2,3)13-7-9-17-15(11-13)16-12-14(23(4,5)6)8-10-18(16)21(17,19)20/h7-12H,1-6H3. The molecule has 122 valence electrons. The summed E-state index contributed by atoms with van der Waals surface area (Å²) in [5.41, 5.74) is 1.81. The first-order valence-corrected chi connectivity index (χ1v) is 16.5. The van der Waals surface area contributed by atoms with E-state index in [1.807, 2.05) is 24.3 Å². The van der Waals surface area contributed by atoms with Crippen LogP contribution in [0.25, 0.3) is 11.1 Å². The third-order valence-corrected chi connectivity index (χ3v) is 10.5. The van der Waals surface area contributed by atoms with Gasteiger partial charge in [-0.05, 0) is 12.1 Å². The van der Waals surface area contributed by atoms with E-state index in [9.17, 15) is 8.42 Å². The van der Waals surface area contributed by atoms with Crippen LogP contribution in [0.5, 0.6) is 0 Å². The summed E-state index contributed by atoms with van der Waals surface area (Å²) in [6.07, 6.45) is 0. The Morgan fingerprint density at radius 1 is 0.652 bits per heavy atom. The zero-order valence-electron chi connectivity index (χ0n) is 14.7. The number of rotatable bonds is 2. The number of benzene rings is 2. The Hall–Kier alpha value is -1.18. The van der Waals surface area contributed by atoms with Gasteiger partial charge in [0.1, 0.15) is 0 Å². The largest absolute Gasteiger partial charge is 0.218 e. The van der Waals surface area contributed by atoms with Crippen molar-refractivity contribution in [2.45, 2.75) is 49.1 Å². The molecule has 2 nitrogen and oxygen atoms in total. The SMILES string of the molecule is C[Si](C)(C)c1ccc2c(c1)-c1cc([Si](C)(C)C)ccc1S2(=O)=O. The average molecular weight is 361 g/mol. The van der Waals surface area contributed by atoms with Crippen molar-refractivity contribution < 1.29 is 8.42 Å². The lowest BCUT2D eigenvalue weighted by molar-refractivity contribution is 0.598. The molecule has 0 saturated carbocycles. The molecule has 0 aromatic heterocycles. The van der Waals surface area contributed by atoms with E-state index in [1.54, 1.807) is 0 Å². The fourth-order valence-electron chi connectivity index (χ4n) is 3.00. The Kier molecular flexibility index (Phi) is 3.56. The van der Waals surface area contributed by atoms with Crippen molar-refractivity contribution in [2.75, 3.05) is 0 Å². The van der Waals surface area contributed by atoms with Crippen molar-refractivity contribution >= 4 is 36.4 Å². The molecule has 1 heterocycles. The Bertz CT molecular complexity index is 832. The van der Waals surface area contributed by atoms with Gasteiger partial charge in [-0.1, -0.05) is 73.9 Å². The maximum absolute atomic E-state index is 12.8. The van der Waals surface area contributed by atoms with Gasteiger partial charge in [0.2, 0.25) is 9.84 Å². The molecule has 3 rings (SSSR count). The molecule has 0 N–H and O–H groups in total. The van der Waals surface area contributed by atoms with E-state index in [2.05, 4.69) is 51.4 Å². The third-order valence-electron chi connectivity index (χ3n) is 4.56. The Balaban J connectivity index is 2.32. The molecule has 0 amide bonds. The van der Waals surface area contributed by atoms with Crippen molar-refractivity contribution in [1.29, 1.82) is 0 Å². The molecule has 0 radical (unpaired) electrons. The van der Waals surface area contributed by atoms with Crippen molar-refractivity contribution in [3.63, 3.8) is 0 Å². The highest BCUT2D eigenvalue weighted by atomic mass is 32.2. The first-order valence-electron chi connectivity index (χ1n) is 7.97. The minimum atomic E-state index is -3.36. The number of hydrogen-bond acceptors (Lipinski definition) is 2. The number of hydrogen-bond donors (Lipinski definition) is 0. The van der Waals surface area contributed by atoms with Crippen LogP contribution < -0.4 is 10.4 Å². The Morgan fingerprint density at radius 2 is 1.00 bits per heavy atom. The predicted octanol–water partition coefficient (Wildman–Crippen LogP) is 3.59. The van der Waals surface area contributed by atoms with E-state index in [0.29, 0.717) is 9.79 Å². The molecule has 2 aromatic carbocycles. The quantitative estimate of drug-likeness (QED) is 0.655. The number of fused-ring (bicyclic) bond motifs is 3. The van der Waals surface area contributed by atoms with E-state index in [-0.39, 0.29) is 0 Å². The molecule has 23 heavy (non-hydrogen) atoms. The highest BCUT2D eigenvalue weighted by Gasteiger charge is 2.35. The van der Waals surface area contributed by atoms with Gasteiger partial charge in [0.25, 0.3) is 0 Å². The van der Waals surface area contributed by atoms with Gasteiger partial charge in [0.05, 0.1) is 25.9 Å². The number of sulfone groups is 1. The van der Waals surface area contributed by atoms with Crippen LogP contribution in [0.2, 0.25) is 39.3 Å². The zero-order chi connectivity index (χ0) is 17.2. The molecule has 0 bridgehead atoms. The summed E-state index contributed by atoms with van der Waals surface area (Å²) >= 11 is 0. The lowest BCUT2D eigenvalue weighted by Crippen LogP contribution is -2.38. The first kappa shape index (κ1) is 16.7. The van der Waals surface area contributed by atoms with Crippen molar-refractivity contribution in [1.82, 2.24) is 0 Å². The minimum absolute atomic E-state index is 0.474. The van der Waals surface area contributed by atoms with Gasteiger partial charge < -0.3 is 0 Å². The fraction of sp³-hybridized carbons (Fsp3) is 0.333. The van der Waals surface area contributed by atoms with Crippen LogP contribution in [0.3, 0.4) is 0 Å². The summed E-state index contributed by atoms with van der Waals surface area (Å²) in [6.45, 7) is 13.7. The normalized spacial score (nSPS) is 16.1. The van der Waals surface area contributed by atoms with Crippen LogP contribution in [-0.2, 0) is 9.84 Å². The summed E-state index contributed by atoms with van der Waals surface area (Å²) in [6, 6.07) is 11.9. The molecular formula is C18H24O2SSi2. The third kappa shape index (κ3) is 2.64. The topological polar surface area (TPSA) is 34.1 Å². The second-order valence-corrected chi connectivity index (χ2v) is 20.5. The van der Waals surface area contributed by atoms with Gasteiger partial charge in [0, 0.05) is 11.1 Å². The molecule has 0 unspecified atom stereocenters. The van der Waals surface area contributed by atoms with Gasteiger partial charge in [-0.2, -0.15) is 0 Å². The molecule has 2 aromatic rings. The van der Waals surface area contributed by atoms with Crippen molar-refractivity contribution in [2.24, 2.45) is 0 Å². The van der Waals surface area contributed by atoms with Gasteiger partial charge >= 0.3 is 0 Å². The first-order chi connectivity index (χ1) is 10.4. The summed E-state index contributed by atoms with van der Waals surface area (Å²) in [4.78, 5) is 0.949. The monoisotopic (exact) mass is 360 g/mol. The van der Waals surface area contributed by atoms with E-state index >= 15 is 0 Å². The molecule has 0 spiro atoms. The van der Waals surface area contributed by atoms with Gasteiger partial charge in [-0.25, -0.2) is 8.42 Å². The molecule has 1 aliphatic rings. The average Bonchev–Trinajstić information content (AvgIpc) is 2.65. The molecule has 0 saturated heterocycles. The van der Waals surface area contributed by atoms with Crippen LogP contribution in [0, 0.1) is 0 Å². The predicted molar refractivity (Wildman–Crippen MR) is 103 cm³/mol. The molecule has 0 fully saturated rings. The smallest absolute Gasteiger partial charge is 0.207 e. The second-order valence-electron chi connectivity index (χ2n) is 8.43. The summed E-state index contributed by atoms with van der Waals surface area (Å²) in [7, 11) is -6.32. The van der Waals surface area contributed by atoms with E-state index in [0.717, 1.165) is 11.1 Å². The molecule has 5 heteroatoms. The second kappa shape index (κ2) is 4.91. The zero-order valence-corrected chi connectivity index (χ0v) is 17.5. The van der Waals surface area contributed by atoms with Gasteiger partial charge in [-0.3, -0.25) is 0 Å². The van der Waals surface area contributed by atoms with Crippen LogP contribution in [0.15, 0.2) is 46.2 Å². The summed E-state index contributed by atoms with van der Waals surface area (Å²) < 4.78 is 25.6. The van der Waals surface area contributed by atoms with E-state index < -0.39 is 26.0 Å². The molecular weight excluding hydrogens is 336 g/mol. The van der Waals surface area contributed by atoms with Crippen LogP contribution in [0.4, 0.5) is 0 Å². The lowest BCUT2D eigenvalue weighted by atomic mass is 10.1. The van der Waals surface area contributed by atoms with Crippen LogP contribution in [0.1, 0.15) is 0 Å². The fourth-order valence-corrected chi connectivity index (χ4v) is 6.97. The van der Waals surface area contributed by atoms with Crippen molar-refractivity contribution in [3.8, 4) is 11.1 Å².